The van der Waals surface area contributed by atoms with Gasteiger partial charge in [-0.2, -0.15) is 0 Å². The molecule has 0 unspecified atom stereocenters. The lowest BCUT2D eigenvalue weighted by molar-refractivity contribution is -0.134. The summed E-state index contributed by atoms with van der Waals surface area (Å²) in [4.78, 5) is 30.2. The molecule has 0 bridgehead atoms. The molecule has 1 aromatic carbocycles. The van der Waals surface area contributed by atoms with E-state index >= 15 is 0 Å². The zero-order valence-corrected chi connectivity index (χ0v) is 9.84. The highest BCUT2D eigenvalue weighted by atomic mass is 16.6. The average molecular weight is 246 g/mol. The molecule has 0 aliphatic heterocycles. The van der Waals surface area contributed by atoms with Crippen LogP contribution in [0.1, 0.15) is 13.8 Å². The Hall–Kier alpha value is -2.50. The summed E-state index contributed by atoms with van der Waals surface area (Å²) in [6.45, 7) is 2.52. The smallest absolute Gasteiger partial charge is 0.308 e. The molecule has 0 atom stereocenters. The van der Waals surface area contributed by atoms with Crippen molar-refractivity contribution in [1.29, 1.82) is 0 Å². The topological polar surface area (TPSA) is 78.4 Å². The highest BCUT2D eigenvalue weighted by Crippen LogP contribution is 2.33. The third kappa shape index (κ3) is 2.42. The van der Waals surface area contributed by atoms with Gasteiger partial charge in [0.1, 0.15) is 5.52 Å². The Labute approximate surface area is 103 Å². The van der Waals surface area contributed by atoms with Crippen molar-refractivity contribution in [3.8, 4) is 11.5 Å². The molecular weight excluding hydrogens is 236 g/mol. The van der Waals surface area contributed by atoms with E-state index in [2.05, 4.69) is 9.97 Å². The van der Waals surface area contributed by atoms with Gasteiger partial charge in [0.15, 0.2) is 5.75 Å². The Morgan fingerprint density at radius 3 is 2.33 bits per heavy atom. The van der Waals surface area contributed by atoms with Crippen molar-refractivity contribution in [3.05, 3.63) is 24.5 Å². The Morgan fingerprint density at radius 1 is 1.00 bits per heavy atom. The predicted molar refractivity (Wildman–Crippen MR) is 62.2 cm³/mol. The number of hydrogen-bond donors (Lipinski definition) is 0. The fourth-order valence-corrected chi connectivity index (χ4v) is 1.47. The van der Waals surface area contributed by atoms with E-state index in [0.717, 1.165) is 0 Å². The van der Waals surface area contributed by atoms with Crippen molar-refractivity contribution >= 4 is 23.0 Å². The van der Waals surface area contributed by atoms with Crippen LogP contribution >= 0.6 is 0 Å². The summed E-state index contributed by atoms with van der Waals surface area (Å²) < 4.78 is 10.0. The first-order valence-electron chi connectivity index (χ1n) is 5.18. The maximum Gasteiger partial charge on any atom is 0.308 e. The van der Waals surface area contributed by atoms with Gasteiger partial charge in [0.2, 0.25) is 5.75 Å². The molecule has 0 aliphatic rings. The van der Waals surface area contributed by atoms with E-state index < -0.39 is 11.9 Å². The van der Waals surface area contributed by atoms with Gasteiger partial charge in [0.05, 0.1) is 5.52 Å². The molecule has 0 saturated heterocycles. The van der Waals surface area contributed by atoms with Crippen LogP contribution in [0.3, 0.4) is 0 Å². The van der Waals surface area contributed by atoms with E-state index in [-0.39, 0.29) is 11.5 Å². The third-order valence-electron chi connectivity index (χ3n) is 2.06. The van der Waals surface area contributed by atoms with Gasteiger partial charge in [-0.15, -0.1) is 0 Å². The molecule has 2 rings (SSSR count). The molecule has 6 nitrogen and oxygen atoms in total. The van der Waals surface area contributed by atoms with Crippen LogP contribution in [0.25, 0.3) is 11.0 Å². The Balaban J connectivity index is 2.62. The number of carbonyl (C=O) groups is 2. The van der Waals surface area contributed by atoms with Crippen LogP contribution in [0, 0.1) is 0 Å². The zero-order chi connectivity index (χ0) is 13.1. The minimum Gasteiger partial charge on any atom is -0.423 e. The van der Waals surface area contributed by atoms with Crippen molar-refractivity contribution < 1.29 is 19.1 Å². The summed E-state index contributed by atoms with van der Waals surface area (Å²) >= 11 is 0. The van der Waals surface area contributed by atoms with Gasteiger partial charge in [0.25, 0.3) is 0 Å². The highest BCUT2D eigenvalue weighted by Gasteiger charge is 2.15. The number of carbonyl (C=O) groups excluding carboxylic acids is 2. The van der Waals surface area contributed by atoms with Crippen LogP contribution in [0.5, 0.6) is 11.5 Å². The molecule has 2 aromatic rings. The summed E-state index contributed by atoms with van der Waals surface area (Å²) in [5, 5.41) is 0. The second kappa shape index (κ2) is 4.79. The number of ether oxygens (including phenoxy) is 2. The molecule has 0 N–H and O–H groups in total. The van der Waals surface area contributed by atoms with E-state index in [1.165, 1.54) is 32.3 Å². The lowest BCUT2D eigenvalue weighted by atomic mass is 10.2. The van der Waals surface area contributed by atoms with Crippen molar-refractivity contribution in [2.45, 2.75) is 13.8 Å². The zero-order valence-electron chi connectivity index (χ0n) is 9.84. The molecule has 0 spiro atoms. The Morgan fingerprint density at radius 2 is 1.67 bits per heavy atom. The summed E-state index contributed by atoms with van der Waals surface area (Å²) in [5.74, 6) is -0.790. The van der Waals surface area contributed by atoms with E-state index in [1.807, 2.05) is 0 Å². The monoisotopic (exact) mass is 246 g/mol. The van der Waals surface area contributed by atoms with Gasteiger partial charge < -0.3 is 9.47 Å². The van der Waals surface area contributed by atoms with Crippen molar-refractivity contribution in [2.24, 2.45) is 0 Å². The normalized spacial score (nSPS) is 10.1. The number of nitrogens with zero attached hydrogens (tertiary/aromatic N) is 2. The fourth-order valence-electron chi connectivity index (χ4n) is 1.47. The molecule has 0 radical (unpaired) electrons. The second-order valence-electron chi connectivity index (χ2n) is 3.50. The molecule has 6 heteroatoms. The van der Waals surface area contributed by atoms with Crippen molar-refractivity contribution in [1.82, 2.24) is 9.97 Å². The number of esters is 2. The molecule has 0 amide bonds. The fraction of sp³-hybridized carbons (Fsp3) is 0.167. The lowest BCUT2D eigenvalue weighted by Gasteiger charge is -2.09. The quantitative estimate of drug-likeness (QED) is 0.590. The molecule has 0 fully saturated rings. The minimum atomic E-state index is -0.526. The molecule has 1 aromatic heterocycles. The van der Waals surface area contributed by atoms with Crippen LogP contribution in [-0.4, -0.2) is 21.9 Å². The summed E-state index contributed by atoms with van der Waals surface area (Å²) in [5.41, 5.74) is 0.913. The van der Waals surface area contributed by atoms with Gasteiger partial charge in [0, 0.05) is 26.2 Å². The Bertz CT molecular complexity index is 625. The minimum absolute atomic E-state index is 0.100. The van der Waals surface area contributed by atoms with Crippen LogP contribution in [-0.2, 0) is 9.59 Å². The SMILES string of the molecule is CC(=O)Oc1ccc2nccnc2c1OC(C)=O. The van der Waals surface area contributed by atoms with Gasteiger partial charge in [-0.3, -0.25) is 14.6 Å². The van der Waals surface area contributed by atoms with E-state index in [4.69, 9.17) is 9.47 Å². The van der Waals surface area contributed by atoms with E-state index in [1.54, 1.807) is 6.07 Å². The van der Waals surface area contributed by atoms with Crippen LogP contribution in [0.15, 0.2) is 24.5 Å². The van der Waals surface area contributed by atoms with E-state index in [0.29, 0.717) is 11.0 Å². The van der Waals surface area contributed by atoms with Crippen LogP contribution in [0.4, 0.5) is 0 Å². The predicted octanol–water partition coefficient (Wildman–Crippen LogP) is 1.48. The Kier molecular flexibility index (Phi) is 3.18. The van der Waals surface area contributed by atoms with Gasteiger partial charge >= 0.3 is 11.9 Å². The first-order valence-corrected chi connectivity index (χ1v) is 5.18. The maximum atomic E-state index is 11.1. The summed E-state index contributed by atoms with van der Waals surface area (Å²) in [7, 11) is 0. The molecule has 92 valence electrons. The van der Waals surface area contributed by atoms with Crippen molar-refractivity contribution in [2.75, 3.05) is 0 Å². The number of rotatable bonds is 2. The number of benzene rings is 1. The van der Waals surface area contributed by atoms with Gasteiger partial charge in [-0.05, 0) is 12.1 Å². The lowest BCUT2D eigenvalue weighted by Crippen LogP contribution is -2.08. The maximum absolute atomic E-state index is 11.1. The largest absolute Gasteiger partial charge is 0.423 e. The molecule has 18 heavy (non-hydrogen) atoms. The van der Waals surface area contributed by atoms with E-state index in [9.17, 15) is 9.59 Å². The summed E-state index contributed by atoms with van der Waals surface area (Å²) in [6, 6.07) is 3.14. The second-order valence-corrected chi connectivity index (χ2v) is 3.50. The number of aromatic nitrogens is 2. The first kappa shape index (κ1) is 12.0. The molecule has 0 saturated carbocycles. The molecule has 0 aliphatic carbocycles. The number of hydrogen-bond acceptors (Lipinski definition) is 6. The molecular formula is C12H10N2O4. The first-order chi connectivity index (χ1) is 8.58. The van der Waals surface area contributed by atoms with Crippen LogP contribution < -0.4 is 9.47 Å². The average Bonchev–Trinajstić information content (AvgIpc) is 2.31. The summed E-state index contributed by atoms with van der Waals surface area (Å²) in [6.07, 6.45) is 2.98. The molecule has 1 heterocycles. The van der Waals surface area contributed by atoms with Crippen LogP contribution in [0.2, 0.25) is 0 Å². The highest BCUT2D eigenvalue weighted by molar-refractivity contribution is 5.88. The third-order valence-corrected chi connectivity index (χ3v) is 2.06. The standard InChI is InChI=1S/C12H10N2O4/c1-7(15)17-10-4-3-9-11(14-6-5-13-9)12(10)18-8(2)16/h3-6H,1-2H3. The number of fused-ring (bicyclic) bond motifs is 1. The van der Waals surface area contributed by atoms with Gasteiger partial charge in [-0.1, -0.05) is 0 Å². The van der Waals surface area contributed by atoms with Crippen molar-refractivity contribution in [3.63, 3.8) is 0 Å². The van der Waals surface area contributed by atoms with Gasteiger partial charge in [-0.25, -0.2) is 4.98 Å².